The fourth-order valence-electron chi connectivity index (χ4n) is 5.20. The van der Waals surface area contributed by atoms with E-state index in [9.17, 15) is 29.3 Å². The van der Waals surface area contributed by atoms with Gasteiger partial charge >= 0.3 is 12.0 Å². The standard InChI is InChI=1S/C37H66ClN7O10/c1-6-29(2)32(43-33(47)30(42-36(49)55-37(3,4)5)15-13-21-44-22-19-41-35(44)45(50)51)34(48)40-18-14-25-52-24-12-9-16-31(46)39-20-26-54-28-27-53-23-11-8-7-10-17-38/h19,22,29-30,32H,6-18,20-21,23-28H2,1-5H3,(H,39,46)(H,40,48)(H,42,49)(H,43,47)/t29-,30-,32-/m0/s1. The monoisotopic (exact) mass is 803 g/mol. The Labute approximate surface area is 331 Å². The first kappa shape index (κ1) is 49.5. The van der Waals surface area contributed by atoms with Crippen LogP contribution in [0.15, 0.2) is 12.4 Å². The van der Waals surface area contributed by atoms with Crippen molar-refractivity contribution in [3.63, 3.8) is 0 Å². The van der Waals surface area contributed by atoms with Crippen molar-refractivity contribution in [2.45, 2.75) is 129 Å². The van der Waals surface area contributed by atoms with Gasteiger partial charge in [0, 0.05) is 45.2 Å². The lowest BCUT2D eigenvalue weighted by atomic mass is 9.97. The number of imidazole rings is 1. The van der Waals surface area contributed by atoms with Gasteiger partial charge in [-0.3, -0.25) is 14.4 Å². The smallest absolute Gasteiger partial charge is 0.434 e. The van der Waals surface area contributed by atoms with Crippen molar-refractivity contribution in [3.8, 4) is 0 Å². The summed E-state index contributed by atoms with van der Waals surface area (Å²) in [5, 5.41) is 22.3. The van der Waals surface area contributed by atoms with Crippen molar-refractivity contribution in [2.75, 3.05) is 58.6 Å². The molecule has 0 aliphatic carbocycles. The zero-order chi connectivity index (χ0) is 40.9. The van der Waals surface area contributed by atoms with Gasteiger partial charge in [-0.2, -0.15) is 0 Å². The lowest BCUT2D eigenvalue weighted by Gasteiger charge is -2.27. The largest absolute Gasteiger partial charge is 0.444 e. The second-order valence-corrected chi connectivity index (χ2v) is 14.7. The first-order chi connectivity index (χ1) is 26.3. The normalized spacial score (nSPS) is 13.1. The number of nitrogens with zero attached hydrogens (tertiary/aromatic N) is 3. The highest BCUT2D eigenvalue weighted by Gasteiger charge is 2.31. The molecule has 1 aromatic heterocycles. The second-order valence-electron chi connectivity index (χ2n) is 14.3. The van der Waals surface area contributed by atoms with Crippen molar-refractivity contribution in [1.29, 1.82) is 0 Å². The van der Waals surface area contributed by atoms with E-state index < -0.39 is 34.6 Å². The second kappa shape index (κ2) is 29.7. The van der Waals surface area contributed by atoms with Crippen LogP contribution in [0.2, 0.25) is 0 Å². The molecule has 0 aliphatic heterocycles. The molecule has 0 aliphatic rings. The number of ether oxygens (including phenoxy) is 4. The molecule has 1 aromatic rings. The number of nitro groups is 1. The highest BCUT2D eigenvalue weighted by molar-refractivity contribution is 6.17. The number of rotatable bonds is 32. The quantitative estimate of drug-likeness (QED) is 0.0341. The number of amides is 4. The number of halogens is 1. The SMILES string of the molecule is CC[C@H](C)[C@H](NC(=O)[C@H](CCCn1ccnc1[N+](=O)[O-])NC(=O)OC(C)(C)C)C(=O)NCCCOCCCCC(=O)NCCOCCOCCCCCCCl. The zero-order valence-corrected chi connectivity index (χ0v) is 34.3. The van der Waals surface area contributed by atoms with E-state index >= 15 is 0 Å². The molecule has 0 saturated heterocycles. The minimum atomic E-state index is -1.06. The van der Waals surface area contributed by atoms with Crippen molar-refractivity contribution in [1.82, 2.24) is 30.8 Å². The van der Waals surface area contributed by atoms with Crippen LogP contribution in [0, 0.1) is 16.0 Å². The number of hydrogen-bond donors (Lipinski definition) is 4. The van der Waals surface area contributed by atoms with Crippen LogP contribution in [0.3, 0.4) is 0 Å². The van der Waals surface area contributed by atoms with Gasteiger partial charge in [-0.15, -0.1) is 11.6 Å². The Kier molecular flexibility index (Phi) is 26.7. The first-order valence-corrected chi connectivity index (χ1v) is 20.1. The summed E-state index contributed by atoms with van der Waals surface area (Å²) in [5.41, 5.74) is -0.807. The van der Waals surface area contributed by atoms with Crippen LogP contribution in [0.5, 0.6) is 0 Å². The van der Waals surface area contributed by atoms with Gasteiger partial charge in [0.05, 0.1) is 26.4 Å². The molecule has 3 atom stereocenters. The highest BCUT2D eigenvalue weighted by Crippen LogP contribution is 2.13. The van der Waals surface area contributed by atoms with E-state index in [-0.39, 0.29) is 36.6 Å². The number of nitrogens with one attached hydrogen (secondary N) is 4. The molecule has 1 heterocycles. The van der Waals surface area contributed by atoms with Crippen molar-refractivity contribution >= 4 is 41.4 Å². The van der Waals surface area contributed by atoms with Gasteiger partial charge in [0.25, 0.3) is 0 Å². The average molecular weight is 804 g/mol. The zero-order valence-electron chi connectivity index (χ0n) is 33.5. The fraction of sp³-hybridized carbons (Fsp3) is 0.811. The van der Waals surface area contributed by atoms with Crippen LogP contribution in [-0.2, 0) is 39.9 Å². The maximum absolute atomic E-state index is 13.5. The fourth-order valence-corrected chi connectivity index (χ4v) is 5.39. The number of aromatic nitrogens is 2. The molecule has 0 aromatic carbocycles. The third-order valence-electron chi connectivity index (χ3n) is 8.37. The summed E-state index contributed by atoms with van der Waals surface area (Å²) in [7, 11) is 0. The molecule has 0 saturated carbocycles. The summed E-state index contributed by atoms with van der Waals surface area (Å²) in [5.74, 6) is -0.795. The summed E-state index contributed by atoms with van der Waals surface area (Å²) in [4.78, 5) is 65.7. The van der Waals surface area contributed by atoms with E-state index in [1.165, 1.54) is 17.0 Å². The summed E-state index contributed by atoms with van der Waals surface area (Å²) in [6.07, 6.45) is 9.68. The highest BCUT2D eigenvalue weighted by atomic mass is 35.5. The predicted octanol–water partition coefficient (Wildman–Crippen LogP) is 4.64. The number of alkyl halides is 1. The maximum atomic E-state index is 13.5. The van der Waals surface area contributed by atoms with Crippen LogP contribution >= 0.6 is 11.6 Å². The van der Waals surface area contributed by atoms with Crippen LogP contribution in [-0.4, -0.2) is 115 Å². The molecule has 17 nitrogen and oxygen atoms in total. The number of carbonyl (C=O) groups is 4. The molecule has 18 heteroatoms. The van der Waals surface area contributed by atoms with Crippen LogP contribution in [0.1, 0.15) is 105 Å². The Morgan fingerprint density at radius 2 is 1.51 bits per heavy atom. The number of alkyl carbamates (subject to hydrolysis) is 1. The van der Waals surface area contributed by atoms with E-state index in [0.29, 0.717) is 84.1 Å². The molecule has 0 bridgehead atoms. The summed E-state index contributed by atoms with van der Waals surface area (Å²) < 4.78 is 23.4. The van der Waals surface area contributed by atoms with Crippen LogP contribution in [0.4, 0.5) is 10.7 Å². The van der Waals surface area contributed by atoms with E-state index in [4.69, 9.17) is 30.5 Å². The van der Waals surface area contributed by atoms with Gasteiger partial charge in [0.2, 0.25) is 17.7 Å². The summed E-state index contributed by atoms with van der Waals surface area (Å²) in [6.45, 7) is 12.9. The lowest BCUT2D eigenvalue weighted by Crippen LogP contribution is -2.56. The van der Waals surface area contributed by atoms with Crippen LogP contribution in [0.25, 0.3) is 0 Å². The third kappa shape index (κ3) is 24.6. The maximum Gasteiger partial charge on any atom is 0.434 e. The minimum Gasteiger partial charge on any atom is -0.444 e. The number of unbranched alkanes of at least 4 members (excludes halogenated alkanes) is 4. The Bertz CT molecular complexity index is 1250. The molecule has 55 heavy (non-hydrogen) atoms. The number of hydrogen-bond acceptors (Lipinski definition) is 11. The topological polar surface area (TPSA) is 214 Å². The van der Waals surface area contributed by atoms with E-state index in [2.05, 4.69) is 26.3 Å². The first-order valence-electron chi connectivity index (χ1n) is 19.6. The Morgan fingerprint density at radius 1 is 0.855 bits per heavy atom. The van der Waals surface area contributed by atoms with Gasteiger partial charge in [-0.05, 0) is 76.6 Å². The molecule has 0 spiro atoms. The van der Waals surface area contributed by atoms with E-state index in [1.54, 1.807) is 20.8 Å². The average Bonchev–Trinajstić information content (AvgIpc) is 3.61. The molecule has 4 amide bonds. The molecule has 4 N–H and O–H groups in total. The van der Waals surface area contributed by atoms with Gasteiger partial charge < -0.3 is 50.3 Å². The molecule has 316 valence electrons. The molecular weight excluding hydrogens is 738 g/mol. The molecule has 1 rings (SSSR count). The van der Waals surface area contributed by atoms with Gasteiger partial charge in [-0.1, -0.05) is 38.1 Å². The Balaban J connectivity index is 2.37. The van der Waals surface area contributed by atoms with Gasteiger partial charge in [-0.25, -0.2) is 9.36 Å². The molecule has 0 unspecified atom stereocenters. The predicted molar refractivity (Wildman–Crippen MR) is 209 cm³/mol. The summed E-state index contributed by atoms with van der Waals surface area (Å²) in [6, 6.07) is -1.93. The molecule has 0 fully saturated rings. The Morgan fingerprint density at radius 3 is 2.18 bits per heavy atom. The van der Waals surface area contributed by atoms with Gasteiger partial charge in [0.1, 0.15) is 30.1 Å². The van der Waals surface area contributed by atoms with E-state index in [0.717, 1.165) is 38.7 Å². The lowest BCUT2D eigenvalue weighted by molar-refractivity contribution is -0.396. The summed E-state index contributed by atoms with van der Waals surface area (Å²) >= 11 is 5.66. The van der Waals surface area contributed by atoms with Crippen molar-refractivity contribution < 1.29 is 43.0 Å². The third-order valence-corrected chi connectivity index (χ3v) is 8.64. The van der Waals surface area contributed by atoms with E-state index in [1.807, 2.05) is 13.8 Å². The van der Waals surface area contributed by atoms with Crippen LogP contribution < -0.4 is 21.3 Å². The van der Waals surface area contributed by atoms with Gasteiger partial charge in [0.15, 0.2) is 0 Å². The molecule has 0 radical (unpaired) electrons. The molecular formula is C37H66ClN7O10. The minimum absolute atomic E-state index is 0.0323. The Hall–Kier alpha value is -3.54. The number of carbonyl (C=O) groups excluding carboxylic acids is 4. The van der Waals surface area contributed by atoms with Crippen molar-refractivity contribution in [2.24, 2.45) is 5.92 Å². The van der Waals surface area contributed by atoms with Crippen molar-refractivity contribution in [3.05, 3.63) is 22.5 Å². The number of aryl methyl sites for hydroxylation is 1.